The molecular formula is C40H31N3O4S3. The lowest BCUT2D eigenvalue weighted by atomic mass is 9.97. The van der Waals surface area contributed by atoms with Crippen molar-refractivity contribution >= 4 is 75.4 Å². The topological polar surface area (TPSA) is 92.5 Å². The summed E-state index contributed by atoms with van der Waals surface area (Å²) in [6.45, 7) is 2.00. The summed E-state index contributed by atoms with van der Waals surface area (Å²) in [6.07, 6.45) is 1.18. The molecule has 0 radical (unpaired) electrons. The molecular weight excluding hydrogens is 683 g/mol. The molecule has 4 aromatic heterocycles. The van der Waals surface area contributed by atoms with Gasteiger partial charge in [0.25, 0.3) is 5.91 Å². The van der Waals surface area contributed by atoms with Gasteiger partial charge in [0.1, 0.15) is 11.3 Å². The third kappa shape index (κ3) is 5.65. The van der Waals surface area contributed by atoms with Gasteiger partial charge in [-0.1, -0.05) is 66.2 Å². The number of benzene rings is 4. The minimum absolute atomic E-state index is 0.304. The summed E-state index contributed by atoms with van der Waals surface area (Å²) >= 11 is 3.32. The molecule has 1 amide bonds. The molecule has 0 aliphatic carbocycles. The van der Waals surface area contributed by atoms with Crippen LogP contribution in [0.3, 0.4) is 0 Å². The second-order valence-corrected chi connectivity index (χ2v) is 16.5. The van der Waals surface area contributed by atoms with Crippen molar-refractivity contribution in [1.29, 1.82) is 0 Å². The smallest absolute Gasteiger partial charge is 0.255 e. The molecule has 8 aromatic rings. The predicted molar refractivity (Wildman–Crippen MR) is 208 cm³/mol. The highest BCUT2D eigenvalue weighted by Gasteiger charge is 2.26. The number of rotatable bonds is 7. The average molecular weight is 714 g/mol. The Morgan fingerprint density at radius 3 is 1.90 bits per heavy atom. The van der Waals surface area contributed by atoms with Gasteiger partial charge < -0.3 is 9.73 Å². The van der Waals surface area contributed by atoms with Crippen LogP contribution in [0, 0.1) is 6.92 Å². The van der Waals surface area contributed by atoms with Gasteiger partial charge in [-0.15, -0.1) is 22.7 Å². The number of aromatic nitrogens is 1. The number of nitrogens with zero attached hydrogens (tertiary/aromatic N) is 2. The standard InChI is InChI=1S/C40H31N3O4S3/c1-23-13-15-24(16-14-23)39-38(40(44)41-2)29-21-28(32(22-33(29)47-39)43(3)50(4,45)46)27-17-30(36-19-25-9-5-7-11-34(25)48-36)42-31(18-27)37-20-26-10-6-8-12-35(26)49-37/h5-22H,1-4H3,(H,41,44). The Kier molecular flexibility index (Phi) is 7.82. The van der Waals surface area contributed by atoms with Gasteiger partial charge in [-0.2, -0.15) is 0 Å². The van der Waals surface area contributed by atoms with Gasteiger partial charge in [-0.25, -0.2) is 13.4 Å². The molecule has 0 aliphatic heterocycles. The van der Waals surface area contributed by atoms with Crippen LogP contribution in [-0.4, -0.2) is 39.7 Å². The van der Waals surface area contributed by atoms with Crippen molar-refractivity contribution in [1.82, 2.24) is 10.3 Å². The number of anilines is 1. The molecule has 0 aliphatic rings. The van der Waals surface area contributed by atoms with Gasteiger partial charge in [-0.05, 0) is 65.7 Å². The molecule has 0 bridgehead atoms. The second-order valence-electron chi connectivity index (χ2n) is 12.3. The summed E-state index contributed by atoms with van der Waals surface area (Å²) in [5.41, 5.74) is 5.93. The largest absolute Gasteiger partial charge is 0.455 e. The molecule has 0 saturated carbocycles. The fraction of sp³-hybridized carbons (Fsp3) is 0.100. The van der Waals surface area contributed by atoms with Crippen molar-refractivity contribution in [2.24, 2.45) is 0 Å². The first-order chi connectivity index (χ1) is 24.1. The highest BCUT2D eigenvalue weighted by molar-refractivity contribution is 7.92. The van der Waals surface area contributed by atoms with E-state index in [4.69, 9.17) is 9.40 Å². The number of carbonyl (C=O) groups is 1. The minimum Gasteiger partial charge on any atom is -0.455 e. The van der Waals surface area contributed by atoms with Crippen molar-refractivity contribution in [3.05, 3.63) is 120 Å². The Balaban J connectivity index is 1.43. The first kappa shape index (κ1) is 31.9. The third-order valence-electron chi connectivity index (χ3n) is 8.90. The fourth-order valence-electron chi connectivity index (χ4n) is 6.22. The number of nitrogens with one attached hydrogen (secondary N) is 1. The van der Waals surface area contributed by atoms with Gasteiger partial charge in [-0.3, -0.25) is 9.10 Å². The molecule has 0 fully saturated rings. The summed E-state index contributed by atoms with van der Waals surface area (Å²) in [7, 11) is -0.575. The second kappa shape index (κ2) is 12.2. The van der Waals surface area contributed by atoms with Crippen molar-refractivity contribution in [3.63, 3.8) is 0 Å². The van der Waals surface area contributed by atoms with Crippen LogP contribution in [0.5, 0.6) is 0 Å². The summed E-state index contributed by atoms with van der Waals surface area (Å²) in [6, 6.07) is 36.1. The maximum Gasteiger partial charge on any atom is 0.255 e. The van der Waals surface area contributed by atoms with Crippen molar-refractivity contribution in [2.45, 2.75) is 6.92 Å². The summed E-state index contributed by atoms with van der Waals surface area (Å²) < 4.78 is 36.2. The van der Waals surface area contributed by atoms with E-state index in [0.29, 0.717) is 33.5 Å². The molecule has 50 heavy (non-hydrogen) atoms. The number of pyridine rings is 1. The molecule has 248 valence electrons. The van der Waals surface area contributed by atoms with E-state index in [1.165, 1.54) is 17.6 Å². The van der Waals surface area contributed by atoms with E-state index in [1.807, 2.05) is 73.7 Å². The Labute approximate surface area is 297 Å². The van der Waals surface area contributed by atoms with E-state index in [2.05, 4.69) is 41.7 Å². The maximum atomic E-state index is 13.5. The van der Waals surface area contributed by atoms with E-state index in [9.17, 15) is 13.2 Å². The molecule has 0 spiro atoms. The Hall–Kier alpha value is -5.29. The molecule has 0 atom stereocenters. The molecule has 0 saturated heterocycles. The number of aryl methyl sites for hydroxylation is 1. The lowest BCUT2D eigenvalue weighted by Gasteiger charge is -2.21. The molecule has 10 heteroatoms. The molecule has 1 N–H and O–H groups in total. The maximum absolute atomic E-state index is 13.5. The number of sulfonamides is 1. The Morgan fingerprint density at radius 1 is 0.780 bits per heavy atom. The van der Waals surface area contributed by atoms with Gasteiger partial charge in [0.15, 0.2) is 0 Å². The molecule has 8 rings (SSSR count). The number of furan rings is 1. The van der Waals surface area contributed by atoms with Gasteiger partial charge in [0, 0.05) is 46.1 Å². The monoisotopic (exact) mass is 713 g/mol. The van der Waals surface area contributed by atoms with Crippen molar-refractivity contribution in [2.75, 3.05) is 24.7 Å². The SMILES string of the molecule is CNC(=O)c1c(-c2ccc(C)cc2)oc2cc(N(C)S(C)(=O)=O)c(-c3cc(-c4cc5ccccc5s4)nc(-c4cc5ccccc5s4)c3)cc12. The summed E-state index contributed by atoms with van der Waals surface area (Å²) in [4.78, 5) is 20.7. The lowest BCUT2D eigenvalue weighted by Crippen LogP contribution is -2.25. The van der Waals surface area contributed by atoms with Crippen LogP contribution in [0.2, 0.25) is 0 Å². The molecule has 4 aromatic carbocycles. The highest BCUT2D eigenvalue weighted by Crippen LogP contribution is 2.44. The Morgan fingerprint density at radius 2 is 1.36 bits per heavy atom. The van der Waals surface area contributed by atoms with Crippen LogP contribution in [0.1, 0.15) is 15.9 Å². The summed E-state index contributed by atoms with van der Waals surface area (Å²) in [5.74, 6) is 0.109. The molecule has 0 unspecified atom stereocenters. The van der Waals surface area contributed by atoms with Gasteiger partial charge in [0.05, 0.1) is 38.6 Å². The number of hydrogen-bond donors (Lipinski definition) is 1. The number of thiophene rings is 2. The zero-order valence-corrected chi connectivity index (χ0v) is 30.1. The van der Waals surface area contributed by atoms with E-state index in [1.54, 1.807) is 35.8 Å². The normalized spacial score (nSPS) is 11.8. The van der Waals surface area contributed by atoms with Crippen LogP contribution < -0.4 is 9.62 Å². The van der Waals surface area contributed by atoms with Gasteiger partial charge in [0.2, 0.25) is 10.0 Å². The first-order valence-electron chi connectivity index (χ1n) is 15.9. The average Bonchev–Trinajstić information content (AvgIpc) is 3.85. The van der Waals surface area contributed by atoms with Gasteiger partial charge >= 0.3 is 0 Å². The molecule has 4 heterocycles. The van der Waals surface area contributed by atoms with Crippen molar-refractivity contribution < 1.29 is 17.6 Å². The van der Waals surface area contributed by atoms with E-state index in [-0.39, 0.29) is 5.91 Å². The zero-order valence-electron chi connectivity index (χ0n) is 27.6. The zero-order chi connectivity index (χ0) is 34.7. The highest BCUT2D eigenvalue weighted by atomic mass is 32.2. The molecule has 7 nitrogen and oxygen atoms in total. The number of carbonyl (C=O) groups excluding carboxylic acids is 1. The fourth-order valence-corrected chi connectivity index (χ4v) is 8.77. The van der Waals surface area contributed by atoms with Crippen LogP contribution in [-0.2, 0) is 10.0 Å². The third-order valence-corrected chi connectivity index (χ3v) is 12.4. The van der Waals surface area contributed by atoms with Crippen LogP contribution >= 0.6 is 22.7 Å². The number of hydrogen-bond acceptors (Lipinski definition) is 7. The first-order valence-corrected chi connectivity index (χ1v) is 19.4. The van der Waals surface area contributed by atoms with Crippen LogP contribution in [0.25, 0.3) is 74.7 Å². The van der Waals surface area contributed by atoms with E-state index in [0.717, 1.165) is 58.0 Å². The lowest BCUT2D eigenvalue weighted by molar-refractivity contribution is 0.0964. The van der Waals surface area contributed by atoms with Crippen molar-refractivity contribution in [3.8, 4) is 43.6 Å². The van der Waals surface area contributed by atoms with Crippen LogP contribution in [0.15, 0.2) is 114 Å². The minimum atomic E-state index is -3.69. The number of amides is 1. The predicted octanol–water partition coefficient (Wildman–Crippen LogP) is 9.99. The van der Waals surface area contributed by atoms with Crippen LogP contribution in [0.4, 0.5) is 5.69 Å². The van der Waals surface area contributed by atoms with E-state index >= 15 is 0 Å². The summed E-state index contributed by atoms with van der Waals surface area (Å²) in [5, 5.41) is 5.60. The Bertz CT molecular complexity index is 2560. The quantitative estimate of drug-likeness (QED) is 0.178. The number of fused-ring (bicyclic) bond motifs is 3. The van der Waals surface area contributed by atoms with E-state index < -0.39 is 10.0 Å².